The molecule has 5 heteroatoms. The normalized spacial score (nSPS) is 27.4. The number of rotatable bonds is 7. The molecule has 1 aliphatic carbocycles. The molecule has 3 unspecified atom stereocenters. The lowest BCUT2D eigenvalue weighted by molar-refractivity contribution is -0.134. The Morgan fingerprint density at radius 1 is 1.50 bits per heavy atom. The Hall–Kier alpha value is -0.650. The molecule has 0 aromatic heterocycles. The fraction of sp³-hybridized carbons (Fsp3) is 0.923. The third-order valence-electron chi connectivity index (χ3n) is 3.98. The molecule has 0 radical (unpaired) electrons. The molecule has 3 N–H and O–H groups in total. The van der Waals surface area contributed by atoms with Crippen molar-refractivity contribution in [1.82, 2.24) is 5.32 Å². The van der Waals surface area contributed by atoms with Crippen LogP contribution in [0.3, 0.4) is 0 Å². The number of methoxy groups -OCH3 is 2. The maximum atomic E-state index is 11.9. The standard InChI is InChI=1S/C13H26N2O3/c1-13(2)10(8-11(13)18-4)15-12(16)9(14)6-5-7-17-3/h9-11H,5-8,14H2,1-4H3,(H,15,16). The lowest BCUT2D eigenvalue weighted by Crippen LogP contribution is -2.63. The molecule has 0 bridgehead atoms. The maximum absolute atomic E-state index is 11.9. The van der Waals surface area contributed by atoms with Crippen LogP contribution in [0, 0.1) is 5.41 Å². The molecular weight excluding hydrogens is 232 g/mol. The molecule has 3 atom stereocenters. The van der Waals surface area contributed by atoms with Gasteiger partial charge in [0.2, 0.25) is 5.91 Å². The number of hydrogen-bond donors (Lipinski definition) is 2. The van der Waals surface area contributed by atoms with Gasteiger partial charge in [-0.15, -0.1) is 0 Å². The first-order valence-corrected chi connectivity index (χ1v) is 6.51. The highest BCUT2D eigenvalue weighted by atomic mass is 16.5. The minimum atomic E-state index is -0.447. The van der Waals surface area contributed by atoms with Crippen molar-refractivity contribution in [2.24, 2.45) is 11.1 Å². The molecule has 0 aromatic carbocycles. The average Bonchev–Trinajstić information content (AvgIpc) is 2.33. The molecular formula is C13H26N2O3. The average molecular weight is 258 g/mol. The predicted octanol–water partition coefficient (Wildman–Crippen LogP) is 0.670. The summed E-state index contributed by atoms with van der Waals surface area (Å²) >= 11 is 0. The summed E-state index contributed by atoms with van der Waals surface area (Å²) in [5.74, 6) is -0.0706. The number of hydrogen-bond acceptors (Lipinski definition) is 4. The largest absolute Gasteiger partial charge is 0.385 e. The molecule has 0 heterocycles. The van der Waals surface area contributed by atoms with Crippen LogP contribution in [0.25, 0.3) is 0 Å². The van der Waals surface area contributed by atoms with Gasteiger partial charge in [-0.05, 0) is 19.3 Å². The van der Waals surface area contributed by atoms with E-state index in [0.29, 0.717) is 13.0 Å². The summed E-state index contributed by atoms with van der Waals surface area (Å²) in [6.07, 6.45) is 2.54. The summed E-state index contributed by atoms with van der Waals surface area (Å²) in [7, 11) is 3.36. The van der Waals surface area contributed by atoms with Crippen molar-refractivity contribution in [3.05, 3.63) is 0 Å². The first kappa shape index (κ1) is 15.4. The van der Waals surface area contributed by atoms with Crippen LogP contribution in [0.4, 0.5) is 0 Å². The molecule has 1 fully saturated rings. The zero-order chi connectivity index (χ0) is 13.8. The van der Waals surface area contributed by atoms with E-state index in [4.69, 9.17) is 15.2 Å². The van der Waals surface area contributed by atoms with Gasteiger partial charge in [0.25, 0.3) is 0 Å². The van der Waals surface area contributed by atoms with Crippen molar-refractivity contribution in [3.63, 3.8) is 0 Å². The van der Waals surface area contributed by atoms with Gasteiger partial charge in [0.05, 0.1) is 12.1 Å². The van der Waals surface area contributed by atoms with Gasteiger partial charge in [-0.1, -0.05) is 13.8 Å². The van der Waals surface area contributed by atoms with Gasteiger partial charge in [-0.2, -0.15) is 0 Å². The second-order valence-electron chi connectivity index (χ2n) is 5.58. The molecule has 0 aliphatic heterocycles. The fourth-order valence-corrected chi connectivity index (χ4v) is 2.39. The SMILES string of the molecule is COCCCC(N)C(=O)NC1CC(OC)C1(C)C. The summed E-state index contributed by atoms with van der Waals surface area (Å²) in [4.78, 5) is 11.9. The molecule has 1 rings (SSSR count). The fourth-order valence-electron chi connectivity index (χ4n) is 2.39. The van der Waals surface area contributed by atoms with Gasteiger partial charge in [-0.3, -0.25) is 4.79 Å². The summed E-state index contributed by atoms with van der Waals surface area (Å²) in [5, 5.41) is 3.01. The third-order valence-corrected chi connectivity index (χ3v) is 3.98. The van der Waals surface area contributed by atoms with E-state index in [1.54, 1.807) is 14.2 Å². The quantitative estimate of drug-likeness (QED) is 0.658. The van der Waals surface area contributed by atoms with Crippen LogP contribution in [0.15, 0.2) is 0 Å². The predicted molar refractivity (Wildman–Crippen MR) is 70.2 cm³/mol. The maximum Gasteiger partial charge on any atom is 0.237 e. The Labute approximate surface area is 109 Å². The Kier molecular flexibility index (Phi) is 5.56. The van der Waals surface area contributed by atoms with Crippen LogP contribution in [-0.4, -0.2) is 44.9 Å². The number of carbonyl (C=O) groups excluding carboxylic acids is 1. The Bertz CT molecular complexity index is 281. The summed E-state index contributed by atoms with van der Waals surface area (Å²) in [6, 6.07) is -0.291. The molecule has 18 heavy (non-hydrogen) atoms. The lowest BCUT2D eigenvalue weighted by Gasteiger charge is -2.51. The number of nitrogens with two attached hydrogens (primary N) is 1. The van der Waals surface area contributed by atoms with E-state index in [-0.39, 0.29) is 23.5 Å². The van der Waals surface area contributed by atoms with Gasteiger partial charge in [0.1, 0.15) is 0 Å². The van der Waals surface area contributed by atoms with E-state index >= 15 is 0 Å². The van der Waals surface area contributed by atoms with Crippen molar-refractivity contribution in [3.8, 4) is 0 Å². The molecule has 1 aliphatic rings. The Morgan fingerprint density at radius 2 is 2.17 bits per heavy atom. The van der Waals surface area contributed by atoms with Crippen molar-refractivity contribution in [2.75, 3.05) is 20.8 Å². The minimum absolute atomic E-state index is 0.0172. The van der Waals surface area contributed by atoms with Crippen LogP contribution in [-0.2, 0) is 14.3 Å². The van der Waals surface area contributed by atoms with Crippen LogP contribution in [0.5, 0.6) is 0 Å². The molecule has 5 nitrogen and oxygen atoms in total. The van der Waals surface area contributed by atoms with E-state index < -0.39 is 6.04 Å². The van der Waals surface area contributed by atoms with Gasteiger partial charge >= 0.3 is 0 Å². The Balaban J connectivity index is 2.33. The number of carbonyl (C=O) groups is 1. The van der Waals surface area contributed by atoms with Gasteiger partial charge < -0.3 is 20.5 Å². The van der Waals surface area contributed by atoms with Gasteiger partial charge in [-0.25, -0.2) is 0 Å². The monoisotopic (exact) mass is 258 g/mol. The molecule has 0 aromatic rings. The molecule has 0 saturated heterocycles. The molecule has 0 spiro atoms. The molecule has 106 valence electrons. The van der Waals surface area contributed by atoms with Crippen molar-refractivity contribution in [1.29, 1.82) is 0 Å². The highest BCUT2D eigenvalue weighted by Gasteiger charge is 2.49. The number of ether oxygens (including phenoxy) is 2. The minimum Gasteiger partial charge on any atom is -0.385 e. The second-order valence-corrected chi connectivity index (χ2v) is 5.58. The summed E-state index contributed by atoms with van der Waals surface area (Å²) in [5.41, 5.74) is 5.82. The lowest BCUT2D eigenvalue weighted by atomic mass is 9.64. The van der Waals surface area contributed by atoms with Crippen molar-refractivity contribution >= 4 is 5.91 Å². The first-order chi connectivity index (χ1) is 8.43. The van der Waals surface area contributed by atoms with Gasteiger partial charge in [0.15, 0.2) is 0 Å². The topological polar surface area (TPSA) is 73.6 Å². The van der Waals surface area contributed by atoms with E-state index in [1.807, 2.05) is 0 Å². The molecule has 1 amide bonds. The zero-order valence-electron chi connectivity index (χ0n) is 11.9. The van der Waals surface area contributed by atoms with E-state index in [2.05, 4.69) is 19.2 Å². The van der Waals surface area contributed by atoms with E-state index in [0.717, 1.165) is 12.8 Å². The van der Waals surface area contributed by atoms with E-state index in [1.165, 1.54) is 0 Å². The van der Waals surface area contributed by atoms with E-state index in [9.17, 15) is 4.79 Å². The number of amides is 1. The second kappa shape index (κ2) is 6.50. The van der Waals surface area contributed by atoms with Crippen molar-refractivity contribution in [2.45, 2.75) is 51.3 Å². The van der Waals surface area contributed by atoms with Crippen molar-refractivity contribution < 1.29 is 14.3 Å². The Morgan fingerprint density at radius 3 is 2.67 bits per heavy atom. The summed E-state index contributed by atoms with van der Waals surface area (Å²) in [6.45, 7) is 4.85. The van der Waals surface area contributed by atoms with Gasteiger partial charge in [0, 0.05) is 32.3 Å². The van der Waals surface area contributed by atoms with Crippen LogP contribution >= 0.6 is 0 Å². The zero-order valence-corrected chi connectivity index (χ0v) is 11.9. The van der Waals surface area contributed by atoms with Crippen LogP contribution in [0.1, 0.15) is 33.1 Å². The number of nitrogens with one attached hydrogen (secondary N) is 1. The highest BCUT2D eigenvalue weighted by Crippen LogP contribution is 2.42. The summed E-state index contributed by atoms with van der Waals surface area (Å²) < 4.78 is 10.3. The first-order valence-electron chi connectivity index (χ1n) is 6.51. The third kappa shape index (κ3) is 3.43. The molecule has 1 saturated carbocycles. The van der Waals surface area contributed by atoms with Crippen LogP contribution in [0.2, 0.25) is 0 Å². The smallest absolute Gasteiger partial charge is 0.237 e. The highest BCUT2D eigenvalue weighted by molar-refractivity contribution is 5.81. The van der Waals surface area contributed by atoms with Crippen LogP contribution < -0.4 is 11.1 Å².